The number of terminal acetylenes is 1. The van der Waals surface area contributed by atoms with Crippen molar-refractivity contribution >= 4 is 108 Å². The van der Waals surface area contributed by atoms with E-state index in [1.165, 1.54) is 56.3 Å². The molecule has 0 fully saturated rings. The minimum Gasteiger partial charge on any atom is -0.287 e. The molecule has 8 aromatic heterocycles. The second-order valence-electron chi connectivity index (χ2n) is 18.8. The first-order valence-electron chi connectivity index (χ1n) is 27.8. The molecule has 0 aliphatic heterocycles. The van der Waals surface area contributed by atoms with Crippen LogP contribution in [0.3, 0.4) is 0 Å². The van der Waals surface area contributed by atoms with Gasteiger partial charge < -0.3 is 0 Å². The van der Waals surface area contributed by atoms with Crippen molar-refractivity contribution in [2.24, 2.45) is 0 Å². The Morgan fingerprint density at radius 2 is 0.524 bits per heavy atom. The number of carbonyl (C=O) groups excluding carboxylic acids is 1. The van der Waals surface area contributed by atoms with Crippen LogP contribution in [0.15, 0.2) is 77.7 Å². The lowest BCUT2D eigenvalue weighted by Crippen LogP contribution is -1.81. The normalized spacial score (nSPS) is 10.1. The van der Waals surface area contributed by atoms with Gasteiger partial charge in [0.15, 0.2) is 5.12 Å². The Morgan fingerprint density at radius 1 is 0.321 bits per heavy atom. The minimum atomic E-state index is 0.0703. The van der Waals surface area contributed by atoms with Crippen molar-refractivity contribution in [3.63, 3.8) is 0 Å². The third-order valence-electron chi connectivity index (χ3n) is 13.2. The second-order valence-corrected chi connectivity index (χ2v) is 28.5. The van der Waals surface area contributed by atoms with Crippen molar-refractivity contribution in [2.45, 2.75) is 119 Å². The smallest absolute Gasteiger partial charge is 0.190 e. The maximum Gasteiger partial charge on any atom is 0.190 e. The molecule has 0 saturated carbocycles. The van der Waals surface area contributed by atoms with E-state index in [2.05, 4.69) is 205 Å². The first kappa shape index (κ1) is 61.4. The van der Waals surface area contributed by atoms with Gasteiger partial charge in [0.25, 0.3) is 0 Å². The molecule has 412 valence electrons. The highest BCUT2D eigenvalue weighted by atomic mass is 32.2. The highest BCUT2D eigenvalue weighted by molar-refractivity contribution is 8.13. The maximum atomic E-state index is 11.5. The molecule has 1 nitrogen and oxygen atoms in total. The third-order valence-corrected chi connectivity index (χ3v) is 22.1. The summed E-state index contributed by atoms with van der Waals surface area (Å²) in [5, 5.41) is 0.0703. The lowest BCUT2D eigenvalue weighted by molar-refractivity contribution is -0.109. The van der Waals surface area contributed by atoms with E-state index in [-0.39, 0.29) is 5.12 Å². The van der Waals surface area contributed by atoms with E-state index in [0.29, 0.717) is 0 Å². The van der Waals surface area contributed by atoms with Gasteiger partial charge in [-0.2, -0.15) is 0 Å². The van der Waals surface area contributed by atoms with Crippen molar-refractivity contribution in [1.29, 1.82) is 0 Å². The molecule has 0 aliphatic rings. The molecular formula is C74H56OS9. The molecule has 0 atom stereocenters. The fourth-order valence-electron chi connectivity index (χ4n) is 8.62. The van der Waals surface area contributed by atoms with Crippen molar-refractivity contribution < 1.29 is 4.79 Å². The predicted molar refractivity (Wildman–Crippen MR) is 368 cm³/mol. The number of carbonyl (C=O) groups is 1. The molecule has 0 spiro atoms. The molecule has 8 heterocycles. The fourth-order valence-corrected chi connectivity index (χ4v) is 16.9. The Balaban J connectivity index is 0.861. The molecule has 0 saturated heterocycles. The molecule has 84 heavy (non-hydrogen) atoms. The van der Waals surface area contributed by atoms with Gasteiger partial charge >= 0.3 is 0 Å². The summed E-state index contributed by atoms with van der Waals surface area (Å²) in [5.41, 5.74) is 10.6. The summed E-state index contributed by atoms with van der Waals surface area (Å²) in [7, 11) is 0. The van der Waals surface area contributed by atoms with Crippen LogP contribution in [0, 0.1) is 107 Å². The van der Waals surface area contributed by atoms with E-state index in [1.54, 1.807) is 97.6 Å². The average molecular weight is 1250 g/mol. The maximum absolute atomic E-state index is 11.5. The molecule has 0 bridgehead atoms. The zero-order valence-electron chi connectivity index (χ0n) is 48.2. The standard InChI is InChI=1S/C74H56OS9/c1-11-50-40-60(77-67(50)19-9)26-33-69-52(13-3)42-62(79-69)28-35-71-54(15-5)44-64(81-71)30-37-73-56(17-7)46-66(83-73)32-39-74-57(18-8)47-65(84-74)31-38-72-55(16-6)45-63(82-72)29-36-70-53(14-4)43-61(80-70)27-34-68-51(12-2)41-59(78-68)25-22-49-20-23-58(24-21-49)76-48(10)75/h9,20-21,23-24,40-47H,11-18H2,1-8,10H3. The van der Waals surface area contributed by atoms with E-state index in [0.717, 1.165) is 140 Å². The van der Waals surface area contributed by atoms with Gasteiger partial charge in [0.1, 0.15) is 0 Å². The van der Waals surface area contributed by atoms with Crippen LogP contribution >= 0.6 is 102 Å². The molecular weight excluding hydrogens is 1190 g/mol. The SMILES string of the molecule is C#Cc1sc(C#Cc2sc(C#Cc3sc(C#Cc4sc(C#Cc5sc(C#Cc6sc(C#Cc7sc(C#Cc8sc(C#Cc9ccc(SC(C)=O)cc9)cc8CC)cc7CC)cc6CC)cc5CC)cc4CC)cc3CC)cc2CC)cc1CC. The molecule has 1 aromatic carbocycles. The number of hydrogen-bond donors (Lipinski definition) is 0. The summed E-state index contributed by atoms with van der Waals surface area (Å²) in [6.45, 7) is 18.9. The Bertz CT molecular complexity index is 4540. The van der Waals surface area contributed by atoms with Gasteiger partial charge in [0.2, 0.25) is 0 Å². The Kier molecular flexibility index (Phi) is 21.7. The van der Waals surface area contributed by atoms with Crippen LogP contribution in [0.1, 0.15) is 190 Å². The first-order chi connectivity index (χ1) is 40.9. The molecule has 9 rings (SSSR count). The highest BCUT2D eigenvalue weighted by Gasteiger charge is 2.13. The van der Waals surface area contributed by atoms with E-state index in [1.807, 2.05) is 24.3 Å². The zero-order chi connectivity index (χ0) is 59.1. The molecule has 0 radical (unpaired) electrons. The summed E-state index contributed by atoms with van der Waals surface area (Å²) in [5.74, 6) is 58.1. The average Bonchev–Trinajstić information content (AvgIpc) is 4.53. The van der Waals surface area contributed by atoms with Gasteiger partial charge in [0.05, 0.1) is 78.0 Å². The van der Waals surface area contributed by atoms with Gasteiger partial charge in [-0.1, -0.05) is 84.9 Å². The van der Waals surface area contributed by atoms with Crippen LogP contribution in [0.2, 0.25) is 0 Å². The quantitative estimate of drug-likeness (QED) is 0.106. The Morgan fingerprint density at radius 3 is 0.714 bits per heavy atom. The van der Waals surface area contributed by atoms with Crippen LogP contribution in [-0.4, -0.2) is 5.12 Å². The van der Waals surface area contributed by atoms with Gasteiger partial charge in [-0.15, -0.1) is 97.1 Å². The lowest BCUT2D eigenvalue weighted by Gasteiger charge is -1.96. The van der Waals surface area contributed by atoms with Crippen LogP contribution in [0.5, 0.6) is 0 Å². The lowest BCUT2D eigenvalue weighted by atomic mass is 10.1. The van der Waals surface area contributed by atoms with Gasteiger partial charge in [-0.05, 0) is 252 Å². The zero-order valence-corrected chi connectivity index (χ0v) is 55.6. The number of hydrogen-bond acceptors (Lipinski definition) is 10. The van der Waals surface area contributed by atoms with E-state index < -0.39 is 0 Å². The molecule has 0 unspecified atom stereocenters. The molecule has 10 heteroatoms. The Labute approximate surface area is 533 Å². The van der Waals surface area contributed by atoms with Crippen LogP contribution in [-0.2, 0) is 56.2 Å². The first-order valence-corrected chi connectivity index (χ1v) is 35.2. The summed E-state index contributed by atoms with van der Waals surface area (Å²) >= 11 is 14.4. The van der Waals surface area contributed by atoms with Crippen LogP contribution in [0.4, 0.5) is 0 Å². The fraction of sp³-hybridized carbons (Fsp3) is 0.230. The number of benzene rings is 1. The monoisotopic (exact) mass is 1250 g/mol. The molecule has 0 N–H and O–H groups in total. The number of thiophene rings is 8. The number of rotatable bonds is 9. The van der Waals surface area contributed by atoms with Crippen molar-refractivity contribution in [3.05, 3.63) is 201 Å². The van der Waals surface area contributed by atoms with Gasteiger partial charge in [-0.25, -0.2) is 0 Å². The summed E-state index contributed by atoms with van der Waals surface area (Å²) in [6, 6.07) is 25.2. The summed E-state index contributed by atoms with van der Waals surface area (Å²) in [4.78, 5) is 28.8. The largest absolute Gasteiger partial charge is 0.287 e. The van der Waals surface area contributed by atoms with E-state index in [4.69, 9.17) is 6.42 Å². The molecule has 0 amide bonds. The van der Waals surface area contributed by atoms with E-state index in [9.17, 15) is 4.79 Å². The Hall–Kier alpha value is -7.12. The van der Waals surface area contributed by atoms with Crippen LogP contribution < -0.4 is 0 Å². The van der Waals surface area contributed by atoms with E-state index >= 15 is 0 Å². The summed E-state index contributed by atoms with van der Waals surface area (Å²) < 4.78 is 0. The third kappa shape index (κ3) is 15.8. The topological polar surface area (TPSA) is 17.1 Å². The summed E-state index contributed by atoms with van der Waals surface area (Å²) in [6.07, 6.45) is 12.8. The molecule has 9 aromatic rings. The van der Waals surface area contributed by atoms with Gasteiger partial charge in [0, 0.05) is 17.4 Å². The van der Waals surface area contributed by atoms with Crippen LogP contribution in [0.25, 0.3) is 0 Å². The minimum absolute atomic E-state index is 0.0703. The second kappa shape index (κ2) is 29.6. The predicted octanol–water partition coefficient (Wildman–Crippen LogP) is 18.5. The molecule has 0 aliphatic carbocycles. The van der Waals surface area contributed by atoms with Crippen molar-refractivity contribution in [1.82, 2.24) is 0 Å². The highest BCUT2D eigenvalue weighted by Crippen LogP contribution is 2.31. The van der Waals surface area contributed by atoms with Crippen molar-refractivity contribution in [2.75, 3.05) is 0 Å². The number of thioether (sulfide) groups is 1. The number of aryl methyl sites for hydroxylation is 8. The van der Waals surface area contributed by atoms with Crippen molar-refractivity contribution in [3.8, 4) is 107 Å². The van der Waals surface area contributed by atoms with Gasteiger partial charge in [-0.3, -0.25) is 4.79 Å².